The van der Waals surface area contributed by atoms with Gasteiger partial charge in [-0.1, -0.05) is 35.2 Å². The Morgan fingerprint density at radius 3 is 2.50 bits per heavy atom. The van der Waals surface area contributed by atoms with Gasteiger partial charge in [-0.2, -0.15) is 0 Å². The molecule has 3 amide bonds. The molecule has 30 heavy (non-hydrogen) atoms. The standard InChI is InChI=1S/C23H31BrFN3O2/c24-21-7-6-18(25)13-17(21)12-16-8-10-27(11-9-16)15-19-14-22(29)28(23(30)26-19)20-4-2-1-3-5-20/h6-7,13,16,19-20H,1-5,8-12,14-15H2,(H,26,30). The van der Waals surface area contributed by atoms with Gasteiger partial charge in [0.1, 0.15) is 5.82 Å². The number of nitrogens with zero attached hydrogens (tertiary/aromatic N) is 2. The Kier molecular flexibility index (Phi) is 7.08. The molecule has 0 aromatic heterocycles. The van der Waals surface area contributed by atoms with Gasteiger partial charge in [-0.25, -0.2) is 9.18 Å². The minimum absolute atomic E-state index is 0.0125. The molecule has 1 N–H and O–H groups in total. The number of imide groups is 1. The summed E-state index contributed by atoms with van der Waals surface area (Å²) in [4.78, 5) is 29.1. The molecule has 1 aromatic rings. The average Bonchev–Trinajstić information content (AvgIpc) is 2.72. The van der Waals surface area contributed by atoms with Crippen LogP contribution in [0.15, 0.2) is 22.7 Å². The van der Waals surface area contributed by atoms with Crippen LogP contribution in [0.25, 0.3) is 0 Å². The van der Waals surface area contributed by atoms with Crippen LogP contribution in [0.3, 0.4) is 0 Å². The highest BCUT2D eigenvalue weighted by molar-refractivity contribution is 9.10. The minimum atomic E-state index is -0.200. The van der Waals surface area contributed by atoms with E-state index in [0.29, 0.717) is 12.3 Å². The fraction of sp³-hybridized carbons (Fsp3) is 0.652. The Morgan fingerprint density at radius 1 is 1.07 bits per heavy atom. The van der Waals surface area contributed by atoms with Gasteiger partial charge in [0.05, 0.1) is 6.04 Å². The van der Waals surface area contributed by atoms with Crippen LogP contribution in [0.4, 0.5) is 9.18 Å². The lowest BCUT2D eigenvalue weighted by Crippen LogP contribution is -2.60. The molecule has 1 aliphatic carbocycles. The maximum atomic E-state index is 13.5. The third-order valence-electron chi connectivity index (χ3n) is 6.88. The van der Waals surface area contributed by atoms with E-state index in [2.05, 4.69) is 26.1 Å². The van der Waals surface area contributed by atoms with Crippen molar-refractivity contribution in [3.63, 3.8) is 0 Å². The minimum Gasteiger partial charge on any atom is -0.333 e. The van der Waals surface area contributed by atoms with E-state index >= 15 is 0 Å². The fourth-order valence-electron chi connectivity index (χ4n) is 5.23. The van der Waals surface area contributed by atoms with Gasteiger partial charge in [-0.05, 0) is 74.9 Å². The molecule has 0 radical (unpaired) electrons. The fourth-order valence-corrected chi connectivity index (χ4v) is 5.64. The number of carbonyl (C=O) groups excluding carboxylic acids is 2. The van der Waals surface area contributed by atoms with Gasteiger partial charge in [0.15, 0.2) is 0 Å². The highest BCUT2D eigenvalue weighted by Gasteiger charge is 2.37. The Hall–Kier alpha value is -1.47. The largest absolute Gasteiger partial charge is 0.333 e. The number of carbonyl (C=O) groups is 2. The van der Waals surface area contributed by atoms with Crippen molar-refractivity contribution < 1.29 is 14.0 Å². The zero-order chi connectivity index (χ0) is 21.1. The molecule has 0 bridgehead atoms. The van der Waals surface area contributed by atoms with Crippen molar-refractivity contribution in [2.24, 2.45) is 5.92 Å². The van der Waals surface area contributed by atoms with E-state index in [1.165, 1.54) is 17.4 Å². The normalized spacial score (nSPS) is 24.9. The Labute approximate surface area is 186 Å². The second-order valence-electron chi connectivity index (χ2n) is 9.09. The van der Waals surface area contributed by atoms with Crippen molar-refractivity contribution in [2.45, 2.75) is 69.9 Å². The third-order valence-corrected chi connectivity index (χ3v) is 7.65. The lowest BCUT2D eigenvalue weighted by Gasteiger charge is -2.40. The summed E-state index contributed by atoms with van der Waals surface area (Å²) in [5.41, 5.74) is 1.03. The van der Waals surface area contributed by atoms with Gasteiger partial charge in [-0.3, -0.25) is 9.69 Å². The first kappa shape index (κ1) is 21.8. The zero-order valence-electron chi connectivity index (χ0n) is 17.4. The lowest BCUT2D eigenvalue weighted by molar-refractivity contribution is -0.132. The Balaban J connectivity index is 1.25. The number of amides is 3. The maximum absolute atomic E-state index is 13.5. The number of likely N-dealkylation sites (tertiary alicyclic amines) is 1. The van der Waals surface area contributed by atoms with E-state index in [-0.39, 0.29) is 29.8 Å². The number of urea groups is 1. The molecule has 2 heterocycles. The second-order valence-corrected chi connectivity index (χ2v) is 9.94. The van der Waals surface area contributed by atoms with E-state index in [1.54, 1.807) is 12.1 Å². The average molecular weight is 480 g/mol. The number of hydrogen-bond donors (Lipinski definition) is 1. The molecule has 4 rings (SSSR count). The van der Waals surface area contributed by atoms with E-state index in [1.807, 2.05) is 0 Å². The van der Waals surface area contributed by atoms with Crippen molar-refractivity contribution in [2.75, 3.05) is 19.6 Å². The van der Waals surface area contributed by atoms with Crippen LogP contribution < -0.4 is 5.32 Å². The maximum Gasteiger partial charge on any atom is 0.324 e. The van der Waals surface area contributed by atoms with E-state index in [9.17, 15) is 14.0 Å². The predicted molar refractivity (Wildman–Crippen MR) is 118 cm³/mol. The molecule has 2 aliphatic heterocycles. The lowest BCUT2D eigenvalue weighted by atomic mass is 9.89. The highest BCUT2D eigenvalue weighted by Crippen LogP contribution is 2.28. The molecular formula is C23H31BrFN3O2. The number of rotatable bonds is 5. The van der Waals surface area contributed by atoms with Gasteiger partial charge in [0.25, 0.3) is 0 Å². The zero-order valence-corrected chi connectivity index (χ0v) is 19.0. The molecule has 7 heteroatoms. The topological polar surface area (TPSA) is 52.7 Å². The molecular weight excluding hydrogens is 449 g/mol. The smallest absolute Gasteiger partial charge is 0.324 e. The molecule has 2 saturated heterocycles. The van der Waals surface area contributed by atoms with Crippen LogP contribution in [0.2, 0.25) is 0 Å². The molecule has 1 saturated carbocycles. The summed E-state index contributed by atoms with van der Waals surface area (Å²) < 4.78 is 14.5. The van der Waals surface area contributed by atoms with Gasteiger partial charge >= 0.3 is 6.03 Å². The van der Waals surface area contributed by atoms with Crippen molar-refractivity contribution in [1.82, 2.24) is 15.1 Å². The molecule has 0 spiro atoms. The highest BCUT2D eigenvalue weighted by atomic mass is 79.9. The summed E-state index contributed by atoms with van der Waals surface area (Å²) in [7, 11) is 0. The van der Waals surface area contributed by atoms with E-state index in [0.717, 1.165) is 74.6 Å². The monoisotopic (exact) mass is 479 g/mol. The van der Waals surface area contributed by atoms with Crippen molar-refractivity contribution >= 4 is 27.9 Å². The second kappa shape index (κ2) is 9.77. The van der Waals surface area contributed by atoms with Crippen LogP contribution in [0.5, 0.6) is 0 Å². The number of piperidine rings is 1. The number of nitrogens with one attached hydrogen (secondary N) is 1. The van der Waals surface area contributed by atoms with E-state index < -0.39 is 0 Å². The van der Waals surface area contributed by atoms with E-state index in [4.69, 9.17) is 0 Å². The quantitative estimate of drug-likeness (QED) is 0.676. The SMILES string of the molecule is O=C1CC(CN2CCC(Cc3cc(F)ccc3Br)CC2)NC(=O)N1C1CCCCC1. The van der Waals surface area contributed by atoms with Gasteiger partial charge in [-0.15, -0.1) is 0 Å². The molecule has 1 atom stereocenters. The number of halogens is 2. The first-order valence-corrected chi connectivity index (χ1v) is 12.1. The van der Waals surface area contributed by atoms with Crippen molar-refractivity contribution in [1.29, 1.82) is 0 Å². The van der Waals surface area contributed by atoms with Crippen molar-refractivity contribution in [3.8, 4) is 0 Å². The van der Waals surface area contributed by atoms with Crippen LogP contribution in [-0.2, 0) is 11.2 Å². The molecule has 5 nitrogen and oxygen atoms in total. The summed E-state index contributed by atoms with van der Waals surface area (Å²) in [6.07, 6.45) is 8.67. The Bertz CT molecular complexity index is 758. The first-order chi connectivity index (χ1) is 14.5. The molecule has 1 unspecified atom stereocenters. The predicted octanol–water partition coefficient (Wildman–Crippen LogP) is 4.49. The third kappa shape index (κ3) is 5.22. The van der Waals surface area contributed by atoms with Gasteiger partial charge in [0.2, 0.25) is 5.91 Å². The molecule has 3 fully saturated rings. The van der Waals surface area contributed by atoms with Gasteiger partial charge < -0.3 is 10.2 Å². The van der Waals surface area contributed by atoms with Crippen LogP contribution in [0, 0.1) is 11.7 Å². The molecule has 164 valence electrons. The van der Waals surface area contributed by atoms with Crippen LogP contribution in [-0.4, -0.2) is 53.5 Å². The van der Waals surface area contributed by atoms with Crippen molar-refractivity contribution in [3.05, 3.63) is 34.1 Å². The Morgan fingerprint density at radius 2 is 1.80 bits per heavy atom. The number of benzene rings is 1. The molecule has 1 aromatic carbocycles. The summed E-state index contributed by atoms with van der Waals surface area (Å²) in [6, 6.07) is 4.67. The summed E-state index contributed by atoms with van der Waals surface area (Å²) >= 11 is 3.53. The van der Waals surface area contributed by atoms with Crippen LogP contribution in [0.1, 0.15) is 56.9 Å². The van der Waals surface area contributed by atoms with Crippen LogP contribution >= 0.6 is 15.9 Å². The van der Waals surface area contributed by atoms with Gasteiger partial charge in [0, 0.05) is 23.5 Å². The summed E-state index contributed by atoms with van der Waals surface area (Å²) in [6.45, 7) is 2.63. The first-order valence-electron chi connectivity index (χ1n) is 11.3. The number of hydrogen-bond acceptors (Lipinski definition) is 3. The molecule has 3 aliphatic rings. The summed E-state index contributed by atoms with van der Waals surface area (Å²) in [5.74, 6) is 0.329. The summed E-state index contributed by atoms with van der Waals surface area (Å²) in [5, 5.41) is 3.08.